The summed E-state index contributed by atoms with van der Waals surface area (Å²) < 4.78 is 5.52. The van der Waals surface area contributed by atoms with Gasteiger partial charge in [-0.15, -0.1) is 0 Å². The van der Waals surface area contributed by atoms with Crippen LogP contribution < -0.4 is 10.6 Å². The summed E-state index contributed by atoms with van der Waals surface area (Å²) in [5.41, 5.74) is 1.29. The molecule has 2 atom stereocenters. The number of nitrogens with one attached hydrogen (secondary N) is 2. The van der Waals surface area contributed by atoms with E-state index < -0.39 is 29.3 Å². The summed E-state index contributed by atoms with van der Waals surface area (Å²) in [4.78, 5) is 42.8. The highest BCUT2D eigenvalue weighted by Crippen LogP contribution is 2.31. The molecule has 0 aliphatic heterocycles. The van der Waals surface area contributed by atoms with Gasteiger partial charge in [0.05, 0.1) is 0 Å². The van der Waals surface area contributed by atoms with E-state index in [0.717, 1.165) is 42.4 Å². The van der Waals surface area contributed by atoms with Crippen LogP contribution in [0.2, 0.25) is 0 Å². The summed E-state index contributed by atoms with van der Waals surface area (Å²) in [6.45, 7) is 15.8. The number of carbonyl (C=O) groups is 3. The van der Waals surface area contributed by atoms with Crippen LogP contribution in [0.15, 0.2) is 54.6 Å². The first-order valence-electron chi connectivity index (χ1n) is 14.5. The highest BCUT2D eigenvalue weighted by molar-refractivity contribution is 5.92. The molecule has 0 fully saturated rings. The Morgan fingerprint density at radius 3 is 2.00 bits per heavy atom. The quantitative estimate of drug-likeness (QED) is 0.301. The van der Waals surface area contributed by atoms with Crippen LogP contribution in [-0.4, -0.2) is 46.5 Å². The standard InChI is InChI=1S/C33H49N3O4/c1-9-11-15-22-34-29(37)28(26-20-18-24(10-2)19-21-26)36(32(3,4)5)30(38)27(23-25-16-13-12-14-17-25)35-31(39)40-33(6,7)8/h12-14,16-21,27-28H,9-11,15,22-23H2,1-8H3,(H,34,37)(H,35,39). The Kier molecular flexibility index (Phi) is 12.2. The van der Waals surface area contributed by atoms with E-state index in [9.17, 15) is 14.4 Å². The van der Waals surface area contributed by atoms with Gasteiger partial charge in [-0.3, -0.25) is 9.59 Å². The largest absolute Gasteiger partial charge is 0.444 e. The summed E-state index contributed by atoms with van der Waals surface area (Å²) in [7, 11) is 0. The van der Waals surface area contributed by atoms with Gasteiger partial charge in [0.15, 0.2) is 0 Å². The monoisotopic (exact) mass is 551 g/mol. The lowest BCUT2D eigenvalue weighted by Crippen LogP contribution is -2.59. The molecule has 2 N–H and O–H groups in total. The predicted octanol–water partition coefficient (Wildman–Crippen LogP) is 6.36. The smallest absolute Gasteiger partial charge is 0.408 e. The fourth-order valence-corrected chi connectivity index (χ4v) is 4.55. The first kappa shape index (κ1) is 32.9. The van der Waals surface area contributed by atoms with Crippen molar-refractivity contribution in [3.8, 4) is 0 Å². The molecule has 3 amide bonds. The Bertz CT molecular complexity index is 1090. The second kappa shape index (κ2) is 14.9. The molecule has 0 radical (unpaired) electrons. The number of carbonyl (C=O) groups excluding carboxylic acids is 3. The Morgan fingerprint density at radius 1 is 0.850 bits per heavy atom. The molecule has 7 nitrogen and oxygen atoms in total. The highest BCUT2D eigenvalue weighted by atomic mass is 16.6. The molecule has 0 aliphatic rings. The van der Waals surface area contributed by atoms with Gasteiger partial charge in [-0.05, 0) is 71.1 Å². The van der Waals surface area contributed by atoms with Crippen molar-refractivity contribution in [2.24, 2.45) is 0 Å². The predicted molar refractivity (Wildman–Crippen MR) is 161 cm³/mol. The molecule has 0 bridgehead atoms. The fraction of sp³-hybridized carbons (Fsp3) is 0.545. The summed E-state index contributed by atoms with van der Waals surface area (Å²) >= 11 is 0. The third-order valence-electron chi connectivity index (χ3n) is 6.52. The second-order valence-electron chi connectivity index (χ2n) is 12.3. The molecule has 40 heavy (non-hydrogen) atoms. The van der Waals surface area contributed by atoms with Gasteiger partial charge in [0.1, 0.15) is 17.7 Å². The maximum absolute atomic E-state index is 14.5. The van der Waals surface area contributed by atoms with Crippen LogP contribution in [-0.2, 0) is 27.2 Å². The molecule has 0 aliphatic carbocycles. The van der Waals surface area contributed by atoms with E-state index in [0.29, 0.717) is 6.54 Å². The molecule has 2 rings (SSSR count). The number of nitrogens with zero attached hydrogens (tertiary/aromatic N) is 1. The van der Waals surface area contributed by atoms with Gasteiger partial charge in [0.2, 0.25) is 11.8 Å². The Labute approximate surface area is 241 Å². The number of alkyl carbamates (subject to hydrolysis) is 1. The minimum atomic E-state index is -0.943. The number of ether oxygens (including phenoxy) is 1. The minimum Gasteiger partial charge on any atom is -0.444 e. The molecule has 7 heteroatoms. The van der Waals surface area contributed by atoms with E-state index in [-0.39, 0.29) is 18.2 Å². The number of aryl methyl sites for hydroxylation is 1. The van der Waals surface area contributed by atoms with E-state index in [1.165, 1.54) is 0 Å². The van der Waals surface area contributed by atoms with Gasteiger partial charge >= 0.3 is 6.09 Å². The van der Waals surface area contributed by atoms with Crippen molar-refractivity contribution < 1.29 is 19.1 Å². The van der Waals surface area contributed by atoms with Crippen molar-refractivity contribution in [1.82, 2.24) is 15.5 Å². The summed E-state index contributed by atoms with van der Waals surface area (Å²) in [6.07, 6.45) is 3.37. The molecule has 2 unspecified atom stereocenters. The van der Waals surface area contributed by atoms with Crippen LogP contribution in [0.5, 0.6) is 0 Å². The Morgan fingerprint density at radius 2 is 1.48 bits per heavy atom. The average molecular weight is 552 g/mol. The van der Waals surface area contributed by atoms with Crippen molar-refractivity contribution in [3.63, 3.8) is 0 Å². The Hall–Kier alpha value is -3.35. The third kappa shape index (κ3) is 10.3. The van der Waals surface area contributed by atoms with Gasteiger partial charge in [-0.25, -0.2) is 4.79 Å². The molecule has 2 aromatic rings. The van der Waals surface area contributed by atoms with Gasteiger partial charge in [-0.1, -0.05) is 81.3 Å². The normalized spacial score (nSPS) is 13.2. The number of hydrogen-bond donors (Lipinski definition) is 2. The van der Waals surface area contributed by atoms with Gasteiger partial charge < -0.3 is 20.3 Å². The van der Waals surface area contributed by atoms with Gasteiger partial charge in [0.25, 0.3) is 0 Å². The summed E-state index contributed by atoms with van der Waals surface area (Å²) in [5.74, 6) is -0.588. The highest BCUT2D eigenvalue weighted by Gasteiger charge is 2.41. The summed E-state index contributed by atoms with van der Waals surface area (Å²) in [6, 6.07) is 15.6. The SMILES string of the molecule is CCCCCNC(=O)C(c1ccc(CC)cc1)N(C(=O)C(Cc1ccccc1)NC(=O)OC(C)(C)C)C(C)(C)C. The van der Waals surface area contributed by atoms with E-state index in [1.807, 2.05) is 75.4 Å². The minimum absolute atomic E-state index is 0.237. The number of rotatable bonds is 12. The summed E-state index contributed by atoms with van der Waals surface area (Å²) in [5, 5.41) is 5.88. The zero-order valence-corrected chi connectivity index (χ0v) is 25.7. The van der Waals surface area contributed by atoms with Crippen molar-refractivity contribution in [1.29, 1.82) is 0 Å². The molecule has 0 heterocycles. The van der Waals surface area contributed by atoms with Crippen LogP contribution in [0, 0.1) is 0 Å². The number of unbranched alkanes of at least 4 members (excludes halogenated alkanes) is 2. The first-order chi connectivity index (χ1) is 18.8. The van der Waals surface area contributed by atoms with Crippen molar-refractivity contribution >= 4 is 17.9 Å². The third-order valence-corrected chi connectivity index (χ3v) is 6.52. The van der Waals surface area contributed by atoms with Crippen LogP contribution in [0.4, 0.5) is 4.79 Å². The maximum Gasteiger partial charge on any atom is 0.408 e. The molecular weight excluding hydrogens is 502 g/mol. The topological polar surface area (TPSA) is 87.7 Å². The molecule has 0 saturated heterocycles. The van der Waals surface area contributed by atoms with Crippen molar-refractivity contribution in [3.05, 3.63) is 71.3 Å². The lowest BCUT2D eigenvalue weighted by molar-refractivity contribution is -0.148. The van der Waals surface area contributed by atoms with E-state index >= 15 is 0 Å². The molecule has 0 aromatic heterocycles. The molecule has 2 aromatic carbocycles. The zero-order valence-electron chi connectivity index (χ0n) is 25.7. The van der Waals surface area contributed by atoms with Gasteiger partial charge in [0, 0.05) is 18.5 Å². The molecule has 0 saturated carbocycles. The average Bonchev–Trinajstić information content (AvgIpc) is 2.87. The molecule has 0 spiro atoms. The van der Waals surface area contributed by atoms with E-state index in [1.54, 1.807) is 25.7 Å². The van der Waals surface area contributed by atoms with Crippen LogP contribution in [0.25, 0.3) is 0 Å². The van der Waals surface area contributed by atoms with E-state index in [2.05, 4.69) is 24.5 Å². The number of amides is 3. The maximum atomic E-state index is 14.5. The second-order valence-corrected chi connectivity index (χ2v) is 12.3. The van der Waals surface area contributed by atoms with E-state index in [4.69, 9.17) is 4.74 Å². The van der Waals surface area contributed by atoms with Crippen LogP contribution in [0.1, 0.15) is 97.4 Å². The number of hydrogen-bond acceptors (Lipinski definition) is 4. The Balaban J connectivity index is 2.55. The van der Waals surface area contributed by atoms with Crippen molar-refractivity contribution in [2.75, 3.05) is 6.54 Å². The molecular formula is C33H49N3O4. The lowest BCUT2D eigenvalue weighted by atomic mass is 9.93. The van der Waals surface area contributed by atoms with Crippen LogP contribution in [0.3, 0.4) is 0 Å². The zero-order chi connectivity index (χ0) is 29.9. The number of benzene rings is 2. The molecule has 220 valence electrons. The lowest BCUT2D eigenvalue weighted by Gasteiger charge is -2.43. The van der Waals surface area contributed by atoms with Crippen LogP contribution >= 0.6 is 0 Å². The van der Waals surface area contributed by atoms with Crippen molar-refractivity contribution in [2.45, 2.75) is 111 Å². The fourth-order valence-electron chi connectivity index (χ4n) is 4.55. The first-order valence-corrected chi connectivity index (χ1v) is 14.5. The van der Waals surface area contributed by atoms with Gasteiger partial charge in [-0.2, -0.15) is 0 Å².